The van der Waals surface area contributed by atoms with E-state index < -0.39 is 0 Å². The fourth-order valence-corrected chi connectivity index (χ4v) is 7.81. The number of fused-ring (bicyclic) bond motifs is 3. The summed E-state index contributed by atoms with van der Waals surface area (Å²) >= 11 is 0. The highest BCUT2D eigenvalue weighted by Crippen LogP contribution is 2.46. The quantitative estimate of drug-likeness (QED) is 0.175. The maximum Gasteiger partial charge on any atom is -0.00201 e. The summed E-state index contributed by atoms with van der Waals surface area (Å²) in [6.07, 6.45) is 10.4. The van der Waals surface area contributed by atoms with Crippen molar-refractivity contribution >= 4 is 32.3 Å². The van der Waals surface area contributed by atoms with E-state index in [1.807, 2.05) is 0 Å². The van der Waals surface area contributed by atoms with E-state index in [1.54, 1.807) is 0 Å². The lowest BCUT2D eigenvalue weighted by Gasteiger charge is -2.23. The molecule has 1 aliphatic carbocycles. The maximum absolute atomic E-state index is 2.55. The van der Waals surface area contributed by atoms with Gasteiger partial charge in [0.15, 0.2) is 0 Å². The van der Waals surface area contributed by atoms with Crippen molar-refractivity contribution in [1.29, 1.82) is 0 Å². The Balaban J connectivity index is 1.53. The predicted octanol–water partition coefficient (Wildman–Crippen LogP) is 12.8. The first-order chi connectivity index (χ1) is 20.8. The molecule has 1 unspecified atom stereocenters. The van der Waals surface area contributed by atoms with Crippen molar-refractivity contribution in [3.05, 3.63) is 120 Å². The molecule has 1 aliphatic rings. The van der Waals surface area contributed by atoms with Gasteiger partial charge in [-0.25, -0.2) is 0 Å². The van der Waals surface area contributed by atoms with Gasteiger partial charge in [-0.2, -0.15) is 0 Å². The first-order valence-electron chi connectivity index (χ1n) is 16.3. The van der Waals surface area contributed by atoms with Crippen molar-refractivity contribution in [2.24, 2.45) is 0 Å². The molecule has 0 nitrogen and oxygen atoms in total. The molecule has 0 saturated heterocycles. The number of benzene rings is 6. The summed E-state index contributed by atoms with van der Waals surface area (Å²) in [6, 6.07) is 41.8. The largest absolute Gasteiger partial charge is 0.0654 e. The van der Waals surface area contributed by atoms with Crippen LogP contribution in [0.2, 0.25) is 0 Å². The standard InChI is InChI=1S/C42H42/c1-3-13-29(4-2)34-26-27-39-40(28-34)41(33-24-22-31(23-25-33)30-14-6-5-7-15-30)37-19-10-11-20-38(37)42(39)36-21-12-17-32-16-8-9-18-35(32)36/h8-12,16-30H,3-7,13-15H2,1-2H3. The van der Waals surface area contributed by atoms with Crippen LogP contribution in [0.4, 0.5) is 0 Å². The maximum atomic E-state index is 2.55. The molecule has 42 heavy (non-hydrogen) atoms. The van der Waals surface area contributed by atoms with Crippen LogP contribution in [-0.2, 0) is 0 Å². The predicted molar refractivity (Wildman–Crippen MR) is 184 cm³/mol. The number of hydrogen-bond acceptors (Lipinski definition) is 0. The molecule has 1 saturated carbocycles. The Kier molecular flexibility index (Phi) is 7.55. The highest BCUT2D eigenvalue weighted by atomic mass is 14.2. The number of hydrogen-bond donors (Lipinski definition) is 0. The van der Waals surface area contributed by atoms with Gasteiger partial charge in [0.05, 0.1) is 0 Å². The Hall–Kier alpha value is -3.90. The molecule has 7 rings (SSSR count). The van der Waals surface area contributed by atoms with Crippen molar-refractivity contribution in [3.63, 3.8) is 0 Å². The molecule has 0 bridgehead atoms. The van der Waals surface area contributed by atoms with E-state index in [4.69, 9.17) is 0 Å². The minimum atomic E-state index is 0.591. The Labute approximate surface area is 251 Å². The second-order valence-electron chi connectivity index (χ2n) is 12.5. The van der Waals surface area contributed by atoms with Crippen LogP contribution in [-0.4, -0.2) is 0 Å². The monoisotopic (exact) mass is 546 g/mol. The minimum Gasteiger partial charge on any atom is -0.0654 e. The second-order valence-corrected chi connectivity index (χ2v) is 12.5. The Morgan fingerprint density at radius 3 is 2.00 bits per heavy atom. The zero-order chi connectivity index (χ0) is 28.5. The van der Waals surface area contributed by atoms with Crippen LogP contribution in [0.15, 0.2) is 109 Å². The molecule has 0 N–H and O–H groups in total. The van der Waals surface area contributed by atoms with Crippen LogP contribution in [0.3, 0.4) is 0 Å². The lowest BCUT2D eigenvalue weighted by Crippen LogP contribution is -2.04. The summed E-state index contributed by atoms with van der Waals surface area (Å²) in [7, 11) is 0. The van der Waals surface area contributed by atoms with Gasteiger partial charge in [0.25, 0.3) is 0 Å². The van der Waals surface area contributed by atoms with Crippen molar-refractivity contribution < 1.29 is 0 Å². The highest BCUT2D eigenvalue weighted by molar-refractivity contribution is 6.23. The third-order valence-electron chi connectivity index (χ3n) is 9.98. The summed E-state index contributed by atoms with van der Waals surface area (Å²) in [5, 5.41) is 8.03. The highest BCUT2D eigenvalue weighted by Gasteiger charge is 2.21. The molecule has 0 amide bonds. The summed E-state index contributed by atoms with van der Waals surface area (Å²) in [5.74, 6) is 1.31. The van der Waals surface area contributed by atoms with E-state index in [0.717, 1.165) is 5.92 Å². The summed E-state index contributed by atoms with van der Waals surface area (Å²) in [5.41, 5.74) is 8.39. The molecule has 1 fully saturated rings. The van der Waals surface area contributed by atoms with Gasteiger partial charge in [0.2, 0.25) is 0 Å². The molecule has 0 aromatic heterocycles. The molecule has 0 spiro atoms. The van der Waals surface area contributed by atoms with E-state index in [9.17, 15) is 0 Å². The van der Waals surface area contributed by atoms with E-state index in [0.29, 0.717) is 5.92 Å². The molecule has 210 valence electrons. The topological polar surface area (TPSA) is 0 Å². The SMILES string of the molecule is CCCC(CC)c1ccc2c(-c3cccc4ccccc34)c3ccccc3c(-c3ccc(C4CCCCC4)cc3)c2c1. The van der Waals surface area contributed by atoms with Crippen LogP contribution in [0.1, 0.15) is 88.2 Å². The smallest absolute Gasteiger partial charge is 0.00201 e. The lowest BCUT2D eigenvalue weighted by atomic mass is 9.81. The van der Waals surface area contributed by atoms with Gasteiger partial charge in [-0.05, 0) is 103 Å². The summed E-state index contributed by atoms with van der Waals surface area (Å²) < 4.78 is 0. The molecule has 0 heteroatoms. The molecule has 6 aromatic rings. The van der Waals surface area contributed by atoms with Gasteiger partial charge in [-0.15, -0.1) is 0 Å². The van der Waals surface area contributed by atoms with Gasteiger partial charge in [0.1, 0.15) is 0 Å². The van der Waals surface area contributed by atoms with Crippen molar-refractivity contribution in [2.75, 3.05) is 0 Å². The third kappa shape index (κ3) is 4.82. The third-order valence-corrected chi connectivity index (χ3v) is 9.98. The van der Waals surface area contributed by atoms with Crippen molar-refractivity contribution in [1.82, 2.24) is 0 Å². The first-order valence-corrected chi connectivity index (χ1v) is 16.3. The Morgan fingerprint density at radius 1 is 0.595 bits per heavy atom. The zero-order valence-corrected chi connectivity index (χ0v) is 25.2. The Morgan fingerprint density at radius 2 is 1.26 bits per heavy atom. The summed E-state index contributed by atoms with van der Waals surface area (Å²) in [4.78, 5) is 0. The minimum absolute atomic E-state index is 0.591. The molecule has 0 radical (unpaired) electrons. The first kappa shape index (κ1) is 27.0. The molecule has 0 heterocycles. The normalized spacial score (nSPS) is 15.0. The second kappa shape index (κ2) is 11.8. The van der Waals surface area contributed by atoms with E-state index in [2.05, 4.69) is 123 Å². The van der Waals surface area contributed by atoms with E-state index >= 15 is 0 Å². The number of rotatable bonds is 7. The van der Waals surface area contributed by atoms with Crippen LogP contribution in [0.5, 0.6) is 0 Å². The molecule has 6 aromatic carbocycles. The van der Waals surface area contributed by atoms with Crippen LogP contribution in [0, 0.1) is 0 Å². The van der Waals surface area contributed by atoms with Crippen LogP contribution < -0.4 is 0 Å². The summed E-state index contributed by atoms with van der Waals surface area (Å²) in [6.45, 7) is 4.66. The van der Waals surface area contributed by atoms with Crippen LogP contribution >= 0.6 is 0 Å². The van der Waals surface area contributed by atoms with Crippen molar-refractivity contribution in [2.45, 2.75) is 77.0 Å². The van der Waals surface area contributed by atoms with Gasteiger partial charge in [0, 0.05) is 0 Å². The fraction of sp³-hybridized carbons (Fsp3) is 0.286. The van der Waals surface area contributed by atoms with Gasteiger partial charge < -0.3 is 0 Å². The zero-order valence-electron chi connectivity index (χ0n) is 25.2. The van der Waals surface area contributed by atoms with E-state index in [1.165, 1.54) is 117 Å². The van der Waals surface area contributed by atoms with E-state index in [-0.39, 0.29) is 0 Å². The molecular weight excluding hydrogens is 504 g/mol. The van der Waals surface area contributed by atoms with Gasteiger partial charge in [-0.1, -0.05) is 149 Å². The van der Waals surface area contributed by atoms with Gasteiger partial charge in [-0.3, -0.25) is 0 Å². The Bertz CT molecular complexity index is 1840. The molecule has 0 aliphatic heterocycles. The average molecular weight is 547 g/mol. The van der Waals surface area contributed by atoms with Crippen molar-refractivity contribution in [3.8, 4) is 22.3 Å². The molecule has 1 atom stereocenters. The lowest BCUT2D eigenvalue weighted by molar-refractivity contribution is 0.443. The average Bonchev–Trinajstić information content (AvgIpc) is 3.06. The molecular formula is C42H42. The van der Waals surface area contributed by atoms with Crippen LogP contribution in [0.25, 0.3) is 54.6 Å². The fourth-order valence-electron chi connectivity index (χ4n) is 7.81. The van der Waals surface area contributed by atoms with Gasteiger partial charge >= 0.3 is 0 Å².